The van der Waals surface area contributed by atoms with Gasteiger partial charge in [-0.1, -0.05) is 60.7 Å². The van der Waals surface area contributed by atoms with Gasteiger partial charge in [0.1, 0.15) is 11.9 Å². The molecule has 2 aromatic rings. The lowest BCUT2D eigenvalue weighted by Crippen LogP contribution is -2.50. The first kappa shape index (κ1) is 30.2. The van der Waals surface area contributed by atoms with Crippen LogP contribution in [-0.4, -0.2) is 50.0 Å². The van der Waals surface area contributed by atoms with E-state index >= 15 is 0 Å². The summed E-state index contributed by atoms with van der Waals surface area (Å²) >= 11 is 12.7. The van der Waals surface area contributed by atoms with E-state index in [9.17, 15) is 22.4 Å². The second-order valence-electron chi connectivity index (χ2n) is 9.63. The normalized spacial score (nSPS) is 15.1. The van der Waals surface area contributed by atoms with Crippen molar-refractivity contribution in [1.29, 1.82) is 0 Å². The van der Waals surface area contributed by atoms with Crippen molar-refractivity contribution in [2.45, 2.75) is 70.5 Å². The van der Waals surface area contributed by atoms with Crippen LogP contribution in [0.5, 0.6) is 0 Å². The summed E-state index contributed by atoms with van der Waals surface area (Å²) < 4.78 is 40.0. The highest BCUT2D eigenvalue weighted by molar-refractivity contribution is 7.92. The number of nitrogens with one attached hydrogen (secondary N) is 1. The zero-order chi connectivity index (χ0) is 27.9. The van der Waals surface area contributed by atoms with Gasteiger partial charge in [-0.05, 0) is 50.5 Å². The molecule has 1 aliphatic carbocycles. The molecule has 3 rings (SSSR count). The molecule has 208 valence electrons. The number of anilines is 1. The number of carbonyl (C=O) groups excluding carboxylic acids is 2. The van der Waals surface area contributed by atoms with E-state index in [-0.39, 0.29) is 49.5 Å². The first-order valence-corrected chi connectivity index (χ1v) is 15.3. The van der Waals surface area contributed by atoms with Crippen molar-refractivity contribution in [3.63, 3.8) is 0 Å². The topological polar surface area (TPSA) is 86.8 Å². The smallest absolute Gasteiger partial charge is 0.242 e. The van der Waals surface area contributed by atoms with E-state index in [0.29, 0.717) is 15.6 Å². The second kappa shape index (κ2) is 13.6. The fourth-order valence-electron chi connectivity index (χ4n) is 4.64. The Kier molecular flexibility index (Phi) is 10.8. The molecule has 1 atom stereocenters. The van der Waals surface area contributed by atoms with Crippen LogP contribution in [0.4, 0.5) is 10.1 Å². The molecule has 38 heavy (non-hydrogen) atoms. The number of rotatable bonds is 11. The van der Waals surface area contributed by atoms with Gasteiger partial charge in [-0.2, -0.15) is 0 Å². The predicted molar refractivity (Wildman–Crippen MR) is 149 cm³/mol. The summed E-state index contributed by atoms with van der Waals surface area (Å²) in [5.74, 6) is -1.31. The molecule has 0 heterocycles. The molecule has 0 spiro atoms. The number of halogens is 3. The van der Waals surface area contributed by atoms with Crippen LogP contribution >= 0.6 is 23.2 Å². The van der Waals surface area contributed by atoms with Crippen LogP contribution in [0.3, 0.4) is 0 Å². The zero-order valence-corrected chi connectivity index (χ0v) is 24.0. The van der Waals surface area contributed by atoms with E-state index in [0.717, 1.165) is 42.7 Å². The van der Waals surface area contributed by atoms with Gasteiger partial charge in [0.05, 0.1) is 11.9 Å². The van der Waals surface area contributed by atoms with Gasteiger partial charge in [-0.15, -0.1) is 0 Å². The largest absolute Gasteiger partial charge is 0.352 e. The first-order chi connectivity index (χ1) is 18.0. The van der Waals surface area contributed by atoms with Crippen LogP contribution in [0.1, 0.15) is 57.4 Å². The average molecular weight is 587 g/mol. The SMILES string of the molecule is C[C@H](C(=O)NC1CCCCC1)N(Cc1c(Cl)cccc1Cl)C(=O)CCCN(c1ccccc1F)S(C)(=O)=O. The number of para-hydroxylation sites is 1. The average Bonchev–Trinajstić information content (AvgIpc) is 2.86. The van der Waals surface area contributed by atoms with Crippen molar-refractivity contribution in [3.8, 4) is 0 Å². The van der Waals surface area contributed by atoms with E-state index in [1.165, 1.54) is 23.1 Å². The highest BCUT2D eigenvalue weighted by Gasteiger charge is 2.29. The minimum Gasteiger partial charge on any atom is -0.352 e. The summed E-state index contributed by atoms with van der Waals surface area (Å²) in [5, 5.41) is 3.81. The Labute approximate surface area is 234 Å². The van der Waals surface area contributed by atoms with Crippen LogP contribution in [0.25, 0.3) is 0 Å². The van der Waals surface area contributed by atoms with Gasteiger partial charge in [0.25, 0.3) is 0 Å². The first-order valence-electron chi connectivity index (χ1n) is 12.7. The Balaban J connectivity index is 1.76. The molecule has 0 saturated heterocycles. The molecule has 0 aromatic heterocycles. The number of benzene rings is 2. The lowest BCUT2D eigenvalue weighted by Gasteiger charge is -2.32. The Morgan fingerprint density at radius 2 is 1.68 bits per heavy atom. The summed E-state index contributed by atoms with van der Waals surface area (Å²) in [7, 11) is -3.80. The van der Waals surface area contributed by atoms with Gasteiger partial charge < -0.3 is 10.2 Å². The molecular formula is C27H34Cl2FN3O4S. The molecule has 1 fully saturated rings. The molecular weight excluding hydrogens is 552 g/mol. The molecule has 1 saturated carbocycles. The maximum Gasteiger partial charge on any atom is 0.242 e. The zero-order valence-electron chi connectivity index (χ0n) is 21.6. The molecule has 0 bridgehead atoms. The van der Waals surface area contributed by atoms with Crippen LogP contribution in [0.2, 0.25) is 10.0 Å². The third-order valence-corrected chi connectivity index (χ3v) is 8.67. The summed E-state index contributed by atoms with van der Waals surface area (Å²) in [4.78, 5) is 28.0. The Morgan fingerprint density at radius 1 is 1.05 bits per heavy atom. The minimum atomic E-state index is -3.80. The second-order valence-corrected chi connectivity index (χ2v) is 12.4. The molecule has 1 aliphatic rings. The fraction of sp³-hybridized carbons (Fsp3) is 0.481. The van der Waals surface area contributed by atoms with Crippen molar-refractivity contribution < 1.29 is 22.4 Å². The highest BCUT2D eigenvalue weighted by atomic mass is 35.5. The number of nitrogens with zero attached hydrogens (tertiary/aromatic N) is 2. The van der Waals surface area contributed by atoms with Crippen molar-refractivity contribution in [3.05, 3.63) is 63.9 Å². The van der Waals surface area contributed by atoms with Crippen molar-refractivity contribution in [2.75, 3.05) is 17.1 Å². The van der Waals surface area contributed by atoms with E-state index in [1.807, 2.05) is 0 Å². The quantitative estimate of drug-likeness (QED) is 0.375. The number of hydrogen-bond donors (Lipinski definition) is 1. The lowest BCUT2D eigenvalue weighted by atomic mass is 9.95. The van der Waals surface area contributed by atoms with Crippen LogP contribution in [0, 0.1) is 5.82 Å². The van der Waals surface area contributed by atoms with Crippen LogP contribution in [0.15, 0.2) is 42.5 Å². The summed E-state index contributed by atoms with van der Waals surface area (Å²) in [5.41, 5.74) is 0.438. The maximum atomic E-state index is 14.3. The third kappa shape index (κ3) is 8.07. The Hall–Kier alpha value is -2.36. The third-order valence-electron chi connectivity index (χ3n) is 6.78. The van der Waals surface area contributed by atoms with Gasteiger partial charge >= 0.3 is 0 Å². The molecule has 0 radical (unpaired) electrons. The number of carbonyl (C=O) groups is 2. The van der Waals surface area contributed by atoms with Gasteiger partial charge in [0.15, 0.2) is 0 Å². The predicted octanol–water partition coefficient (Wildman–Crippen LogP) is 5.54. The van der Waals surface area contributed by atoms with E-state index in [4.69, 9.17) is 23.2 Å². The van der Waals surface area contributed by atoms with Gasteiger partial charge in [-0.25, -0.2) is 12.8 Å². The standard InChI is InChI=1S/C27H34Cl2FN3O4S/c1-19(27(35)31-20-10-4-3-5-11-20)32(18-21-22(28)12-8-13-23(21)29)26(34)16-9-17-33(38(2,36)37)25-15-7-6-14-24(25)30/h6-8,12-15,19-20H,3-5,9-11,16-18H2,1-2H3,(H,31,35)/t19-/m1/s1. The number of sulfonamides is 1. The van der Waals surface area contributed by atoms with Gasteiger partial charge in [0, 0.05) is 41.2 Å². The van der Waals surface area contributed by atoms with Gasteiger partial charge in [0.2, 0.25) is 21.8 Å². The van der Waals surface area contributed by atoms with Crippen LogP contribution in [-0.2, 0) is 26.2 Å². The van der Waals surface area contributed by atoms with Crippen molar-refractivity contribution >= 4 is 50.7 Å². The number of amides is 2. The molecule has 0 unspecified atom stereocenters. The highest BCUT2D eigenvalue weighted by Crippen LogP contribution is 2.28. The van der Waals surface area contributed by atoms with E-state index in [1.54, 1.807) is 31.2 Å². The van der Waals surface area contributed by atoms with Crippen LogP contribution < -0.4 is 9.62 Å². The minimum absolute atomic E-state index is 0.0136. The Morgan fingerprint density at radius 3 is 2.29 bits per heavy atom. The van der Waals surface area contributed by atoms with Crippen molar-refractivity contribution in [1.82, 2.24) is 10.2 Å². The maximum absolute atomic E-state index is 14.3. The van der Waals surface area contributed by atoms with Gasteiger partial charge in [-0.3, -0.25) is 13.9 Å². The van der Waals surface area contributed by atoms with E-state index < -0.39 is 21.9 Å². The lowest BCUT2D eigenvalue weighted by molar-refractivity contribution is -0.141. The van der Waals surface area contributed by atoms with Crippen molar-refractivity contribution in [2.24, 2.45) is 0 Å². The monoisotopic (exact) mass is 585 g/mol. The van der Waals surface area contributed by atoms with E-state index in [2.05, 4.69) is 5.32 Å². The molecule has 2 amide bonds. The molecule has 7 nitrogen and oxygen atoms in total. The molecule has 0 aliphatic heterocycles. The molecule has 2 aromatic carbocycles. The molecule has 1 N–H and O–H groups in total. The summed E-state index contributed by atoms with van der Waals surface area (Å²) in [6.07, 6.45) is 6.10. The fourth-order valence-corrected chi connectivity index (χ4v) is 6.12. The summed E-state index contributed by atoms with van der Waals surface area (Å²) in [6.45, 7) is 1.57. The summed E-state index contributed by atoms with van der Waals surface area (Å²) in [6, 6.07) is 9.86. The number of hydrogen-bond acceptors (Lipinski definition) is 4. The Bertz CT molecular complexity index is 1220. The molecule has 11 heteroatoms.